The quantitative estimate of drug-likeness (QED) is 0.501. The van der Waals surface area contributed by atoms with Crippen molar-refractivity contribution in [3.63, 3.8) is 0 Å². The Morgan fingerprint density at radius 3 is 2.39 bits per heavy atom. The van der Waals surface area contributed by atoms with Crippen LogP contribution in [0.15, 0.2) is 72.8 Å². The number of anilines is 2. The van der Waals surface area contributed by atoms with E-state index in [4.69, 9.17) is 29.0 Å². The van der Waals surface area contributed by atoms with E-state index in [2.05, 4.69) is 5.64 Å². The molecule has 0 unspecified atom stereocenters. The highest BCUT2D eigenvalue weighted by molar-refractivity contribution is 5.71. The molecular formula is C23H23N3O7. The van der Waals surface area contributed by atoms with E-state index in [0.29, 0.717) is 22.9 Å². The molecule has 0 aliphatic carbocycles. The maximum Gasteiger partial charge on any atom is 0.344 e. The van der Waals surface area contributed by atoms with Crippen LogP contribution in [-0.2, 0) is 24.3 Å². The molecule has 3 aromatic rings. The number of carbonyl (C=O) groups excluding carboxylic acids is 1. The number of benzene rings is 3. The van der Waals surface area contributed by atoms with Gasteiger partial charge in [-0.25, -0.2) is 4.79 Å². The number of hydrogen-bond acceptors (Lipinski definition) is 10. The average molecular weight is 453 g/mol. The summed E-state index contributed by atoms with van der Waals surface area (Å²) in [6.07, 6.45) is 0. The molecule has 0 spiro atoms. The van der Waals surface area contributed by atoms with Crippen LogP contribution in [0.25, 0.3) is 0 Å². The molecule has 1 saturated heterocycles. The molecule has 10 nitrogen and oxygen atoms in total. The minimum absolute atomic E-state index is 0.255. The van der Waals surface area contributed by atoms with Crippen LogP contribution in [0.3, 0.4) is 0 Å². The molecule has 0 atom stereocenters. The fraction of sp³-hybridized carbons (Fsp3) is 0.174. The smallest absolute Gasteiger partial charge is 0.344 e. The molecular weight excluding hydrogens is 430 g/mol. The monoisotopic (exact) mass is 453 g/mol. The molecule has 10 heteroatoms. The summed E-state index contributed by atoms with van der Waals surface area (Å²) in [4.78, 5) is 27.9. The second-order valence-electron chi connectivity index (χ2n) is 6.84. The summed E-state index contributed by atoms with van der Waals surface area (Å²) in [5.41, 5.74) is 4.42. The molecule has 0 aromatic heterocycles. The van der Waals surface area contributed by atoms with Crippen molar-refractivity contribution >= 4 is 17.3 Å². The molecule has 3 aromatic carbocycles. The predicted octanol–water partition coefficient (Wildman–Crippen LogP) is 4.19. The van der Waals surface area contributed by atoms with Gasteiger partial charge in [0.1, 0.15) is 11.4 Å². The number of nitrogens with zero attached hydrogens (tertiary/aromatic N) is 2. The van der Waals surface area contributed by atoms with Gasteiger partial charge in [-0.3, -0.25) is 0 Å². The molecule has 33 heavy (non-hydrogen) atoms. The molecule has 1 fully saturated rings. The first-order valence-corrected chi connectivity index (χ1v) is 10.2. The van der Waals surface area contributed by atoms with E-state index < -0.39 is 5.97 Å². The Morgan fingerprint density at radius 1 is 0.909 bits per heavy atom. The first kappa shape index (κ1) is 22.4. The van der Waals surface area contributed by atoms with Crippen LogP contribution in [0.5, 0.6) is 17.2 Å². The van der Waals surface area contributed by atoms with Crippen LogP contribution in [0.2, 0.25) is 0 Å². The van der Waals surface area contributed by atoms with Crippen molar-refractivity contribution in [2.75, 3.05) is 23.7 Å². The summed E-state index contributed by atoms with van der Waals surface area (Å²) in [7, 11) is 0. The molecule has 0 bridgehead atoms. The van der Waals surface area contributed by atoms with Crippen molar-refractivity contribution in [1.29, 1.82) is 0 Å². The van der Waals surface area contributed by atoms with E-state index in [9.17, 15) is 4.79 Å². The van der Waals surface area contributed by atoms with E-state index in [1.54, 1.807) is 37.3 Å². The number of hydrogen-bond donors (Lipinski definition) is 1. The highest BCUT2D eigenvalue weighted by Gasteiger charge is 2.24. The third kappa shape index (κ3) is 5.90. The van der Waals surface area contributed by atoms with Gasteiger partial charge in [-0.2, -0.15) is 0 Å². The van der Waals surface area contributed by atoms with Crippen molar-refractivity contribution in [2.45, 2.75) is 13.8 Å². The highest BCUT2D eigenvalue weighted by Crippen LogP contribution is 2.36. The second kappa shape index (κ2) is 10.7. The van der Waals surface area contributed by atoms with Crippen molar-refractivity contribution in [1.82, 2.24) is 5.64 Å². The highest BCUT2D eigenvalue weighted by atomic mass is 17.3. The van der Waals surface area contributed by atoms with Crippen LogP contribution >= 0.6 is 0 Å². The minimum atomic E-state index is -0.500. The zero-order valence-electron chi connectivity index (χ0n) is 18.1. The van der Waals surface area contributed by atoms with Crippen molar-refractivity contribution in [3.8, 4) is 17.2 Å². The normalized spacial score (nSPS) is 13.5. The Labute approximate surface area is 190 Å². The summed E-state index contributed by atoms with van der Waals surface area (Å²) < 4.78 is 16.5. The maximum atomic E-state index is 11.8. The first-order chi connectivity index (χ1) is 16.1. The van der Waals surface area contributed by atoms with Crippen molar-refractivity contribution < 1.29 is 33.8 Å². The zero-order valence-corrected chi connectivity index (χ0v) is 18.1. The van der Waals surface area contributed by atoms with Gasteiger partial charge in [-0.05, 0) is 61.5 Å². The van der Waals surface area contributed by atoms with Crippen LogP contribution in [-0.4, -0.2) is 19.2 Å². The van der Waals surface area contributed by atoms with E-state index in [-0.39, 0.29) is 19.0 Å². The Bertz CT molecular complexity index is 1080. The number of esters is 1. The fourth-order valence-corrected chi connectivity index (χ4v) is 2.89. The summed E-state index contributed by atoms with van der Waals surface area (Å²) in [6, 6.07) is 21.7. The lowest BCUT2D eigenvalue weighted by molar-refractivity contribution is -0.354. The molecule has 172 valence electrons. The van der Waals surface area contributed by atoms with Gasteiger partial charge in [-0.1, -0.05) is 45.7 Å². The van der Waals surface area contributed by atoms with Crippen LogP contribution in [0.1, 0.15) is 12.5 Å². The Balaban J connectivity index is 1.55. The third-order valence-electron chi connectivity index (χ3n) is 4.36. The second-order valence-corrected chi connectivity index (χ2v) is 6.84. The van der Waals surface area contributed by atoms with Crippen LogP contribution in [0, 0.1) is 6.92 Å². The van der Waals surface area contributed by atoms with Gasteiger partial charge >= 0.3 is 5.97 Å². The van der Waals surface area contributed by atoms with Gasteiger partial charge in [0.05, 0.1) is 12.3 Å². The Hall–Kier alpha value is -3.83. The van der Waals surface area contributed by atoms with E-state index in [1.807, 2.05) is 49.4 Å². The molecule has 1 N–H and O–H groups in total. The van der Waals surface area contributed by atoms with E-state index in [0.717, 1.165) is 16.0 Å². The number of para-hydroxylation sites is 1. The van der Waals surface area contributed by atoms with Gasteiger partial charge in [-0.15, -0.1) is 9.88 Å². The maximum absolute atomic E-state index is 11.8. The van der Waals surface area contributed by atoms with Crippen molar-refractivity contribution in [3.05, 3.63) is 78.4 Å². The van der Waals surface area contributed by atoms with Gasteiger partial charge in [0, 0.05) is 6.07 Å². The predicted molar refractivity (Wildman–Crippen MR) is 118 cm³/mol. The van der Waals surface area contributed by atoms with Crippen molar-refractivity contribution in [2.24, 2.45) is 0 Å². The van der Waals surface area contributed by atoms with E-state index >= 15 is 0 Å². The largest absolute Gasteiger partial charge is 0.478 e. The SMILES string of the molecule is CCOC(=O)COc1cc(N2ONON(c3cccc(C)c3)O2)ccc1Oc1ccccc1. The first-order valence-electron chi connectivity index (χ1n) is 10.2. The number of ether oxygens (including phenoxy) is 3. The third-order valence-corrected chi connectivity index (χ3v) is 4.36. The fourth-order valence-electron chi connectivity index (χ4n) is 2.89. The van der Waals surface area contributed by atoms with E-state index in [1.165, 1.54) is 0 Å². The average Bonchev–Trinajstić information content (AvgIpc) is 2.84. The molecule has 0 saturated carbocycles. The standard InChI is InChI=1S/C23H23N3O7/c1-3-28-23(27)16-29-22-15-19(12-13-21(22)30-20-10-5-4-6-11-20)26-32-24-31-25(33-26)18-9-7-8-17(2)14-18/h4-15,24H,3,16H2,1-2H3. The van der Waals surface area contributed by atoms with Crippen LogP contribution in [0.4, 0.5) is 11.4 Å². The van der Waals surface area contributed by atoms with Gasteiger partial charge < -0.3 is 14.2 Å². The molecule has 0 radical (unpaired) electrons. The van der Waals surface area contributed by atoms with Gasteiger partial charge in [0.25, 0.3) is 0 Å². The summed E-state index contributed by atoms with van der Waals surface area (Å²) in [5.74, 6) is 0.785. The van der Waals surface area contributed by atoms with Gasteiger partial charge in [0.2, 0.25) is 0 Å². The van der Waals surface area contributed by atoms with Crippen LogP contribution < -0.4 is 25.6 Å². The topological polar surface area (TPSA) is 91.0 Å². The number of rotatable bonds is 8. The van der Waals surface area contributed by atoms with Gasteiger partial charge in [0.15, 0.2) is 18.1 Å². The molecule has 0 amide bonds. The molecule has 1 aliphatic heterocycles. The number of aryl methyl sites for hydroxylation is 1. The molecule has 1 heterocycles. The summed E-state index contributed by atoms with van der Waals surface area (Å²) in [6.45, 7) is 3.64. The lowest BCUT2D eigenvalue weighted by atomic mass is 10.2. The molecule has 4 rings (SSSR count). The lowest BCUT2D eigenvalue weighted by Gasteiger charge is -2.32. The lowest BCUT2D eigenvalue weighted by Crippen LogP contribution is -2.48. The summed E-state index contributed by atoms with van der Waals surface area (Å²) in [5, 5.41) is 2.22. The number of nitrogens with one attached hydrogen (secondary N) is 1. The molecule has 1 aliphatic rings. The Morgan fingerprint density at radius 2 is 1.67 bits per heavy atom. The zero-order chi connectivity index (χ0) is 23.0. The number of carbonyl (C=O) groups is 1. The Kier molecular flexibility index (Phi) is 7.22. The minimum Gasteiger partial charge on any atom is -0.478 e. The summed E-state index contributed by atoms with van der Waals surface area (Å²) >= 11 is 0.